The Kier molecular flexibility index (Phi) is 5.12. The summed E-state index contributed by atoms with van der Waals surface area (Å²) >= 11 is 0. The van der Waals surface area contributed by atoms with Crippen LogP contribution in [0.25, 0.3) is 0 Å². The standard InChI is InChI=1S/C5H9F3N2O5S/c6-5(7,8)2-10-16(14,15)9-1-3(11)4(12)13/h3,9-11H,1-2H2,(H,12,13). The van der Waals surface area contributed by atoms with Gasteiger partial charge in [0.1, 0.15) is 6.54 Å². The first kappa shape index (κ1) is 15.1. The molecule has 0 aromatic rings. The number of aliphatic hydroxyl groups is 1. The third kappa shape index (κ3) is 7.39. The molecule has 96 valence electrons. The minimum atomic E-state index is -4.72. The lowest BCUT2D eigenvalue weighted by Crippen LogP contribution is -2.45. The molecule has 0 aromatic carbocycles. The number of carboxylic acids is 1. The van der Waals surface area contributed by atoms with Crippen molar-refractivity contribution in [2.24, 2.45) is 0 Å². The first-order chi connectivity index (χ1) is 7.03. The summed E-state index contributed by atoms with van der Waals surface area (Å²) in [5, 5.41) is 16.8. The molecule has 0 rings (SSSR count). The fraction of sp³-hybridized carbons (Fsp3) is 0.800. The van der Waals surface area contributed by atoms with Gasteiger partial charge in [0.2, 0.25) is 0 Å². The van der Waals surface area contributed by atoms with E-state index in [0.717, 1.165) is 4.72 Å². The van der Waals surface area contributed by atoms with Crippen molar-refractivity contribution in [1.82, 2.24) is 9.44 Å². The molecule has 0 radical (unpaired) electrons. The van der Waals surface area contributed by atoms with E-state index in [4.69, 9.17) is 10.2 Å². The van der Waals surface area contributed by atoms with Crippen molar-refractivity contribution in [3.05, 3.63) is 0 Å². The third-order valence-electron chi connectivity index (χ3n) is 1.21. The molecular formula is C5H9F3N2O5S. The van der Waals surface area contributed by atoms with Gasteiger partial charge in [0.15, 0.2) is 6.10 Å². The summed E-state index contributed by atoms with van der Waals surface area (Å²) < 4.78 is 59.0. The Hall–Kier alpha value is -0.910. The average molecular weight is 266 g/mol. The van der Waals surface area contributed by atoms with Crippen LogP contribution in [0.5, 0.6) is 0 Å². The zero-order chi connectivity index (χ0) is 13.0. The number of hydrogen-bond donors (Lipinski definition) is 4. The van der Waals surface area contributed by atoms with Gasteiger partial charge in [-0.25, -0.2) is 4.79 Å². The van der Waals surface area contributed by atoms with Crippen LogP contribution in [-0.2, 0) is 15.0 Å². The van der Waals surface area contributed by atoms with Crippen molar-refractivity contribution in [3.8, 4) is 0 Å². The van der Waals surface area contributed by atoms with Crippen molar-refractivity contribution in [3.63, 3.8) is 0 Å². The quantitative estimate of drug-likeness (QED) is 0.463. The van der Waals surface area contributed by atoms with Gasteiger partial charge in [-0.3, -0.25) is 0 Å². The minimum Gasteiger partial charge on any atom is -0.479 e. The number of halogens is 3. The Morgan fingerprint density at radius 3 is 2.19 bits per heavy atom. The van der Waals surface area contributed by atoms with Crippen LogP contribution < -0.4 is 9.44 Å². The molecule has 4 N–H and O–H groups in total. The molecule has 7 nitrogen and oxygen atoms in total. The summed E-state index contributed by atoms with van der Waals surface area (Å²) in [6, 6.07) is 0. The summed E-state index contributed by atoms with van der Waals surface area (Å²) in [6.07, 6.45) is -6.75. The first-order valence-electron chi connectivity index (χ1n) is 3.75. The highest BCUT2D eigenvalue weighted by Gasteiger charge is 2.29. The van der Waals surface area contributed by atoms with Crippen LogP contribution in [0.3, 0.4) is 0 Å². The van der Waals surface area contributed by atoms with E-state index < -0.39 is 41.5 Å². The van der Waals surface area contributed by atoms with Gasteiger partial charge >= 0.3 is 12.1 Å². The van der Waals surface area contributed by atoms with Crippen LogP contribution in [0.4, 0.5) is 13.2 Å². The highest BCUT2D eigenvalue weighted by Crippen LogP contribution is 2.12. The molecule has 0 amide bonds. The smallest absolute Gasteiger partial charge is 0.402 e. The molecule has 0 aliphatic heterocycles. The SMILES string of the molecule is O=C(O)C(O)CNS(=O)(=O)NCC(F)(F)F. The number of rotatable bonds is 6. The van der Waals surface area contributed by atoms with Gasteiger partial charge in [0, 0.05) is 6.54 Å². The number of carboxylic acid groups (broad SMARTS) is 1. The Balaban J connectivity index is 4.12. The predicted octanol–water partition coefficient (Wildman–Crippen LogP) is -1.58. The van der Waals surface area contributed by atoms with E-state index >= 15 is 0 Å². The van der Waals surface area contributed by atoms with E-state index in [1.807, 2.05) is 0 Å². The number of nitrogens with one attached hydrogen (secondary N) is 2. The van der Waals surface area contributed by atoms with Crippen LogP contribution in [0, 0.1) is 0 Å². The van der Waals surface area contributed by atoms with Gasteiger partial charge in [-0.1, -0.05) is 0 Å². The number of aliphatic hydroxyl groups excluding tert-OH is 1. The minimum absolute atomic E-state index is 0.928. The second kappa shape index (κ2) is 5.43. The molecule has 0 heterocycles. The first-order valence-corrected chi connectivity index (χ1v) is 5.24. The van der Waals surface area contributed by atoms with Gasteiger partial charge in [-0.15, -0.1) is 0 Å². The lowest BCUT2D eigenvalue weighted by molar-refractivity contribution is -0.146. The van der Waals surface area contributed by atoms with Gasteiger partial charge < -0.3 is 10.2 Å². The van der Waals surface area contributed by atoms with Crippen LogP contribution in [0.1, 0.15) is 0 Å². The number of hydrogen-bond acceptors (Lipinski definition) is 4. The summed E-state index contributed by atoms with van der Waals surface area (Å²) in [5.41, 5.74) is 0. The molecule has 0 aromatic heterocycles. The maximum absolute atomic E-state index is 11.6. The highest BCUT2D eigenvalue weighted by molar-refractivity contribution is 7.87. The number of carbonyl (C=O) groups is 1. The van der Waals surface area contributed by atoms with E-state index in [9.17, 15) is 26.4 Å². The monoisotopic (exact) mass is 266 g/mol. The topological polar surface area (TPSA) is 116 Å². The maximum atomic E-state index is 11.6. The molecule has 0 saturated carbocycles. The largest absolute Gasteiger partial charge is 0.479 e. The second-order valence-corrected chi connectivity index (χ2v) is 4.23. The number of aliphatic carboxylic acids is 1. The molecule has 1 unspecified atom stereocenters. The number of alkyl halides is 3. The molecule has 16 heavy (non-hydrogen) atoms. The fourth-order valence-corrected chi connectivity index (χ4v) is 1.34. The summed E-state index contributed by atoms with van der Waals surface area (Å²) in [5.74, 6) is -1.70. The Labute approximate surface area is 88.4 Å². The van der Waals surface area contributed by atoms with E-state index in [0.29, 0.717) is 0 Å². The van der Waals surface area contributed by atoms with Crippen molar-refractivity contribution in [1.29, 1.82) is 0 Å². The van der Waals surface area contributed by atoms with E-state index in [1.165, 1.54) is 4.72 Å². The molecule has 1 atom stereocenters. The van der Waals surface area contributed by atoms with Crippen molar-refractivity contribution < 1.29 is 36.6 Å². The Morgan fingerprint density at radius 1 is 1.31 bits per heavy atom. The molecule has 0 spiro atoms. The van der Waals surface area contributed by atoms with Crippen LogP contribution >= 0.6 is 0 Å². The van der Waals surface area contributed by atoms with Gasteiger partial charge in [-0.05, 0) is 0 Å². The molecule has 0 aliphatic rings. The zero-order valence-electron chi connectivity index (χ0n) is 7.65. The molecule has 0 fully saturated rings. The second-order valence-electron chi connectivity index (χ2n) is 2.64. The summed E-state index contributed by atoms with van der Waals surface area (Å²) in [4.78, 5) is 10.0. The maximum Gasteiger partial charge on any atom is 0.402 e. The molecule has 11 heteroatoms. The molecule has 0 saturated heterocycles. The normalized spacial score (nSPS) is 14.8. The Morgan fingerprint density at radius 2 is 1.81 bits per heavy atom. The fourth-order valence-electron chi connectivity index (χ4n) is 0.504. The van der Waals surface area contributed by atoms with Gasteiger partial charge in [0.05, 0.1) is 0 Å². The van der Waals surface area contributed by atoms with Crippen LogP contribution in [0.15, 0.2) is 0 Å². The summed E-state index contributed by atoms with van der Waals surface area (Å²) in [7, 11) is -4.49. The average Bonchev–Trinajstić information content (AvgIpc) is 2.10. The molecule has 0 bridgehead atoms. The predicted molar refractivity (Wildman–Crippen MR) is 44.6 cm³/mol. The van der Waals surface area contributed by atoms with E-state index in [1.54, 1.807) is 0 Å². The van der Waals surface area contributed by atoms with Crippen molar-refractivity contribution in [2.75, 3.05) is 13.1 Å². The van der Waals surface area contributed by atoms with Crippen molar-refractivity contribution >= 4 is 16.2 Å². The van der Waals surface area contributed by atoms with E-state index in [-0.39, 0.29) is 0 Å². The molecule has 0 aliphatic carbocycles. The zero-order valence-corrected chi connectivity index (χ0v) is 8.47. The highest BCUT2D eigenvalue weighted by atomic mass is 32.2. The van der Waals surface area contributed by atoms with Crippen LogP contribution in [-0.4, -0.2) is 50.0 Å². The summed E-state index contributed by atoms with van der Waals surface area (Å²) in [6.45, 7) is -2.71. The van der Waals surface area contributed by atoms with Gasteiger partial charge in [0.25, 0.3) is 10.2 Å². The van der Waals surface area contributed by atoms with Crippen LogP contribution in [0.2, 0.25) is 0 Å². The van der Waals surface area contributed by atoms with E-state index in [2.05, 4.69) is 0 Å². The van der Waals surface area contributed by atoms with Gasteiger partial charge in [-0.2, -0.15) is 31.0 Å². The Bertz CT molecular complexity index is 340. The molecular weight excluding hydrogens is 257 g/mol. The van der Waals surface area contributed by atoms with Crippen molar-refractivity contribution in [2.45, 2.75) is 12.3 Å². The third-order valence-corrected chi connectivity index (χ3v) is 2.29. The lowest BCUT2D eigenvalue weighted by atomic mass is 10.4. The lowest BCUT2D eigenvalue weighted by Gasteiger charge is -2.11.